The van der Waals surface area contributed by atoms with Crippen molar-refractivity contribution in [2.75, 3.05) is 18.2 Å². The number of aryl methyl sites for hydroxylation is 1. The molecule has 6 nitrogen and oxygen atoms in total. The zero-order valence-corrected chi connectivity index (χ0v) is 16.2. The van der Waals surface area contributed by atoms with Gasteiger partial charge in [-0.3, -0.25) is 9.80 Å². The molecule has 1 amide bonds. The highest BCUT2D eigenvalue weighted by Gasteiger charge is 2.36. The van der Waals surface area contributed by atoms with Crippen LogP contribution in [0.5, 0.6) is 0 Å². The van der Waals surface area contributed by atoms with Crippen LogP contribution in [0.25, 0.3) is 0 Å². The van der Waals surface area contributed by atoms with E-state index in [9.17, 15) is 9.59 Å². The van der Waals surface area contributed by atoms with Gasteiger partial charge in [-0.05, 0) is 38.0 Å². The van der Waals surface area contributed by atoms with Gasteiger partial charge in [-0.2, -0.15) is 5.10 Å². The summed E-state index contributed by atoms with van der Waals surface area (Å²) in [5.74, 6) is -0.627. The molecule has 2 aromatic carbocycles. The first kappa shape index (κ1) is 19.6. The summed E-state index contributed by atoms with van der Waals surface area (Å²) in [6, 6.07) is 17.0. The molecule has 1 N–H and O–H groups in total. The van der Waals surface area contributed by atoms with Gasteiger partial charge in [-0.15, -0.1) is 0 Å². The Balaban J connectivity index is 1.67. The molecule has 1 unspecified atom stereocenters. The minimum Gasteiger partial charge on any atom is -0.461 e. The van der Waals surface area contributed by atoms with Crippen molar-refractivity contribution in [2.45, 2.75) is 32.7 Å². The molecule has 0 saturated heterocycles. The number of para-hydroxylation sites is 1. The monoisotopic (exact) mass is 379 g/mol. The van der Waals surface area contributed by atoms with E-state index in [0.29, 0.717) is 6.54 Å². The predicted octanol–water partition coefficient (Wildman–Crippen LogP) is 2.85. The molecule has 3 rings (SSSR count). The minimum atomic E-state index is -0.570. The van der Waals surface area contributed by atoms with Crippen LogP contribution in [-0.2, 0) is 20.7 Å². The molecule has 0 fully saturated rings. The van der Waals surface area contributed by atoms with Gasteiger partial charge >= 0.3 is 5.97 Å². The number of nitrogens with zero attached hydrogens (tertiary/aromatic N) is 2. The normalized spacial score (nSPS) is 15.9. The molecule has 1 heterocycles. The Morgan fingerprint density at radius 3 is 2.68 bits per heavy atom. The van der Waals surface area contributed by atoms with Crippen LogP contribution in [0.3, 0.4) is 0 Å². The molecule has 6 heteroatoms. The number of anilines is 1. The molecular formula is C22H25N3O3. The number of carbonyl (C=O) groups excluding carboxylic acids is 2. The number of ether oxygens (including phenoxy) is 1. The van der Waals surface area contributed by atoms with Crippen LogP contribution in [-0.4, -0.2) is 36.8 Å². The fraction of sp³-hybridized carbons (Fsp3) is 0.318. The second kappa shape index (κ2) is 9.17. The van der Waals surface area contributed by atoms with Gasteiger partial charge in [0.25, 0.3) is 0 Å². The van der Waals surface area contributed by atoms with Crippen molar-refractivity contribution in [1.82, 2.24) is 5.32 Å². The maximum absolute atomic E-state index is 12.8. The van der Waals surface area contributed by atoms with Gasteiger partial charge < -0.3 is 10.1 Å². The van der Waals surface area contributed by atoms with Gasteiger partial charge in [0.05, 0.1) is 12.3 Å². The van der Waals surface area contributed by atoms with Crippen molar-refractivity contribution >= 4 is 23.3 Å². The number of rotatable bonds is 7. The second-order valence-corrected chi connectivity index (χ2v) is 6.70. The van der Waals surface area contributed by atoms with Crippen LogP contribution in [0.15, 0.2) is 59.7 Å². The highest BCUT2D eigenvalue weighted by molar-refractivity contribution is 6.38. The molecule has 0 radical (unpaired) electrons. The van der Waals surface area contributed by atoms with E-state index in [4.69, 9.17) is 4.74 Å². The highest BCUT2D eigenvalue weighted by atomic mass is 16.5. The van der Waals surface area contributed by atoms with Gasteiger partial charge in [-0.1, -0.05) is 48.0 Å². The number of esters is 1. The third kappa shape index (κ3) is 4.76. The standard InChI is InChI=1S/C22H25N3O3/c1-3-28-22(27)19-15-20(25(24-19)18-10-5-4-6-11-18)21(26)23-13-12-17-9-7-8-16(2)14-17/h4-11,14,20H,3,12-13,15H2,1-2H3,(H,23,26). The van der Waals surface area contributed by atoms with Crippen molar-refractivity contribution in [3.8, 4) is 0 Å². The predicted molar refractivity (Wildman–Crippen MR) is 109 cm³/mol. The van der Waals surface area contributed by atoms with Crippen LogP contribution in [0.4, 0.5) is 5.69 Å². The molecule has 0 aromatic heterocycles. The first-order valence-electron chi connectivity index (χ1n) is 9.50. The van der Waals surface area contributed by atoms with Gasteiger partial charge in [-0.25, -0.2) is 4.79 Å². The molecule has 0 saturated carbocycles. The molecule has 0 spiro atoms. The Kier molecular flexibility index (Phi) is 6.42. The largest absolute Gasteiger partial charge is 0.461 e. The lowest BCUT2D eigenvalue weighted by atomic mass is 10.1. The van der Waals surface area contributed by atoms with E-state index in [1.807, 2.05) is 55.5 Å². The molecule has 0 aliphatic carbocycles. The molecule has 28 heavy (non-hydrogen) atoms. The van der Waals surface area contributed by atoms with Crippen LogP contribution in [0.1, 0.15) is 24.5 Å². The zero-order chi connectivity index (χ0) is 19.9. The lowest BCUT2D eigenvalue weighted by Crippen LogP contribution is -2.43. The van der Waals surface area contributed by atoms with Gasteiger partial charge in [0, 0.05) is 13.0 Å². The highest BCUT2D eigenvalue weighted by Crippen LogP contribution is 2.25. The van der Waals surface area contributed by atoms with Crippen LogP contribution < -0.4 is 10.3 Å². The Morgan fingerprint density at radius 1 is 1.18 bits per heavy atom. The Morgan fingerprint density at radius 2 is 1.96 bits per heavy atom. The van der Waals surface area contributed by atoms with Crippen LogP contribution in [0.2, 0.25) is 0 Å². The Labute approximate surface area is 165 Å². The number of benzene rings is 2. The van der Waals surface area contributed by atoms with E-state index in [0.717, 1.165) is 12.1 Å². The van der Waals surface area contributed by atoms with Crippen LogP contribution in [0, 0.1) is 6.92 Å². The third-order valence-electron chi connectivity index (χ3n) is 4.54. The van der Waals surface area contributed by atoms with E-state index in [-0.39, 0.29) is 24.6 Å². The fourth-order valence-electron chi connectivity index (χ4n) is 3.19. The Bertz CT molecular complexity index is 864. The van der Waals surface area contributed by atoms with Gasteiger partial charge in [0.1, 0.15) is 11.8 Å². The average molecular weight is 379 g/mol. The second-order valence-electron chi connectivity index (χ2n) is 6.70. The summed E-state index contributed by atoms with van der Waals surface area (Å²) in [4.78, 5) is 24.9. The van der Waals surface area contributed by atoms with Gasteiger partial charge in [0.15, 0.2) is 0 Å². The summed E-state index contributed by atoms with van der Waals surface area (Å²) in [6.45, 7) is 4.59. The quantitative estimate of drug-likeness (QED) is 0.751. The van der Waals surface area contributed by atoms with E-state index in [2.05, 4.69) is 16.5 Å². The fourth-order valence-corrected chi connectivity index (χ4v) is 3.19. The number of nitrogens with one attached hydrogen (secondary N) is 1. The van der Waals surface area contributed by atoms with Crippen molar-refractivity contribution in [3.63, 3.8) is 0 Å². The lowest BCUT2D eigenvalue weighted by molar-refractivity contribution is -0.135. The first-order valence-corrected chi connectivity index (χ1v) is 9.50. The summed E-state index contributed by atoms with van der Waals surface area (Å²) in [6.07, 6.45) is 0.973. The van der Waals surface area contributed by atoms with E-state index in [1.165, 1.54) is 11.1 Å². The van der Waals surface area contributed by atoms with Crippen molar-refractivity contribution < 1.29 is 14.3 Å². The third-order valence-corrected chi connectivity index (χ3v) is 4.54. The number of amides is 1. The number of hydrogen-bond donors (Lipinski definition) is 1. The number of carbonyl (C=O) groups is 2. The van der Waals surface area contributed by atoms with Crippen LogP contribution >= 0.6 is 0 Å². The molecule has 146 valence electrons. The molecule has 1 atom stereocenters. The summed E-state index contributed by atoms with van der Waals surface area (Å²) in [5.41, 5.74) is 3.41. The molecule has 1 aliphatic heterocycles. The van der Waals surface area contributed by atoms with Gasteiger partial charge in [0.2, 0.25) is 5.91 Å². The molecule has 0 bridgehead atoms. The van der Waals surface area contributed by atoms with E-state index in [1.54, 1.807) is 11.9 Å². The molecule has 1 aliphatic rings. The van der Waals surface area contributed by atoms with Crippen molar-refractivity contribution in [3.05, 3.63) is 65.7 Å². The zero-order valence-electron chi connectivity index (χ0n) is 16.2. The summed E-state index contributed by atoms with van der Waals surface area (Å²) >= 11 is 0. The maximum Gasteiger partial charge on any atom is 0.354 e. The van der Waals surface area contributed by atoms with E-state index < -0.39 is 12.0 Å². The van der Waals surface area contributed by atoms with E-state index >= 15 is 0 Å². The maximum atomic E-state index is 12.8. The summed E-state index contributed by atoms with van der Waals surface area (Å²) < 4.78 is 5.06. The molecular weight excluding hydrogens is 354 g/mol. The smallest absolute Gasteiger partial charge is 0.354 e. The molecule has 2 aromatic rings. The first-order chi connectivity index (χ1) is 13.6. The number of hydrazone groups is 1. The number of hydrogen-bond acceptors (Lipinski definition) is 5. The van der Waals surface area contributed by atoms with Crippen molar-refractivity contribution in [1.29, 1.82) is 0 Å². The Hall–Kier alpha value is -3.15. The lowest BCUT2D eigenvalue weighted by Gasteiger charge is -2.22. The summed E-state index contributed by atoms with van der Waals surface area (Å²) in [7, 11) is 0. The summed E-state index contributed by atoms with van der Waals surface area (Å²) in [5, 5.41) is 8.95. The SMILES string of the molecule is CCOC(=O)C1=NN(c2ccccc2)C(C(=O)NCCc2cccc(C)c2)C1. The van der Waals surface area contributed by atoms with Crippen molar-refractivity contribution in [2.24, 2.45) is 5.10 Å². The minimum absolute atomic E-state index is 0.153. The topological polar surface area (TPSA) is 71.0 Å². The average Bonchev–Trinajstić information content (AvgIpc) is 3.15.